The van der Waals surface area contributed by atoms with Crippen LogP contribution in [0, 0.1) is 6.92 Å². The van der Waals surface area contributed by atoms with Gasteiger partial charge in [-0.25, -0.2) is 9.97 Å². The molecule has 21 heavy (non-hydrogen) atoms. The number of hydrogen-bond acceptors (Lipinski definition) is 4. The van der Waals surface area contributed by atoms with Crippen LogP contribution in [0.5, 0.6) is 0 Å². The number of nitrogens with zero attached hydrogens (tertiary/aromatic N) is 2. The first kappa shape index (κ1) is 14.0. The topological polar surface area (TPSA) is 66.9 Å². The van der Waals surface area contributed by atoms with E-state index in [0.29, 0.717) is 17.7 Å². The third-order valence-electron chi connectivity index (χ3n) is 3.17. The van der Waals surface area contributed by atoms with E-state index in [1.54, 1.807) is 12.3 Å². The summed E-state index contributed by atoms with van der Waals surface area (Å²) in [6, 6.07) is 7.82. The van der Waals surface area contributed by atoms with Gasteiger partial charge in [-0.2, -0.15) is 0 Å². The molecule has 6 heteroatoms. The first-order chi connectivity index (χ1) is 10.1. The molecule has 0 atom stereocenters. The average molecular weight is 347 g/mol. The van der Waals surface area contributed by atoms with Crippen LogP contribution < -0.4 is 10.6 Å². The molecule has 2 N–H and O–H groups in total. The number of rotatable bonds is 4. The Morgan fingerprint density at radius 2 is 2.14 bits per heavy atom. The molecule has 3 rings (SSSR count). The second-order valence-electron chi connectivity index (χ2n) is 5.12. The first-order valence-electron chi connectivity index (χ1n) is 6.79. The molecule has 1 saturated carbocycles. The van der Waals surface area contributed by atoms with Gasteiger partial charge < -0.3 is 10.6 Å². The Balaban J connectivity index is 1.75. The van der Waals surface area contributed by atoms with Crippen molar-refractivity contribution in [1.29, 1.82) is 0 Å². The molecule has 1 heterocycles. The van der Waals surface area contributed by atoms with Crippen molar-refractivity contribution in [3.63, 3.8) is 0 Å². The number of carbonyl (C=O) groups is 1. The summed E-state index contributed by atoms with van der Waals surface area (Å²) in [6.45, 7) is 2.00. The molecule has 5 nitrogen and oxygen atoms in total. The predicted molar refractivity (Wildman–Crippen MR) is 85.5 cm³/mol. The van der Waals surface area contributed by atoms with E-state index in [9.17, 15) is 4.79 Å². The molecule has 0 radical (unpaired) electrons. The van der Waals surface area contributed by atoms with Crippen molar-refractivity contribution in [3.05, 3.63) is 46.2 Å². The summed E-state index contributed by atoms with van der Waals surface area (Å²) >= 11 is 3.44. The Labute approximate surface area is 131 Å². The SMILES string of the molecule is Cc1ccc(NC(=O)c2ccnc(NC3CC3)n2)c(Br)c1. The highest BCUT2D eigenvalue weighted by atomic mass is 79.9. The smallest absolute Gasteiger partial charge is 0.274 e. The Morgan fingerprint density at radius 3 is 2.86 bits per heavy atom. The summed E-state index contributed by atoms with van der Waals surface area (Å²) < 4.78 is 0.848. The molecule has 0 spiro atoms. The van der Waals surface area contributed by atoms with E-state index in [4.69, 9.17) is 0 Å². The minimum Gasteiger partial charge on any atom is -0.351 e. The van der Waals surface area contributed by atoms with Gasteiger partial charge in [0.05, 0.1) is 5.69 Å². The number of aryl methyl sites for hydroxylation is 1. The van der Waals surface area contributed by atoms with Crippen molar-refractivity contribution in [1.82, 2.24) is 9.97 Å². The molecule has 2 aromatic rings. The number of hydrogen-bond donors (Lipinski definition) is 2. The number of carbonyl (C=O) groups excluding carboxylic acids is 1. The van der Waals surface area contributed by atoms with E-state index >= 15 is 0 Å². The average Bonchev–Trinajstić information content (AvgIpc) is 3.26. The zero-order chi connectivity index (χ0) is 14.8. The van der Waals surface area contributed by atoms with E-state index in [-0.39, 0.29) is 5.91 Å². The van der Waals surface area contributed by atoms with Crippen molar-refractivity contribution in [2.45, 2.75) is 25.8 Å². The summed E-state index contributed by atoms with van der Waals surface area (Å²) in [5.74, 6) is 0.258. The van der Waals surface area contributed by atoms with Crippen LogP contribution in [0.15, 0.2) is 34.9 Å². The number of benzene rings is 1. The quantitative estimate of drug-likeness (QED) is 0.890. The highest BCUT2D eigenvalue weighted by molar-refractivity contribution is 9.10. The highest BCUT2D eigenvalue weighted by Gasteiger charge is 2.22. The van der Waals surface area contributed by atoms with E-state index in [1.165, 1.54) is 0 Å². The molecule has 1 aliphatic carbocycles. The van der Waals surface area contributed by atoms with E-state index < -0.39 is 0 Å². The Kier molecular flexibility index (Phi) is 3.88. The zero-order valence-corrected chi connectivity index (χ0v) is 13.1. The van der Waals surface area contributed by atoms with Crippen LogP contribution in [0.2, 0.25) is 0 Å². The van der Waals surface area contributed by atoms with Crippen molar-refractivity contribution >= 4 is 33.5 Å². The van der Waals surface area contributed by atoms with Crippen molar-refractivity contribution in [2.75, 3.05) is 10.6 Å². The number of anilines is 2. The summed E-state index contributed by atoms with van der Waals surface area (Å²) in [4.78, 5) is 20.6. The monoisotopic (exact) mass is 346 g/mol. The van der Waals surface area contributed by atoms with Crippen LogP contribution in [0.25, 0.3) is 0 Å². The summed E-state index contributed by atoms with van der Waals surface area (Å²) in [5.41, 5.74) is 2.19. The maximum atomic E-state index is 12.3. The van der Waals surface area contributed by atoms with Gasteiger partial charge in [-0.1, -0.05) is 6.07 Å². The fourth-order valence-corrected chi connectivity index (χ4v) is 2.47. The van der Waals surface area contributed by atoms with Crippen molar-refractivity contribution < 1.29 is 4.79 Å². The van der Waals surface area contributed by atoms with Gasteiger partial charge in [-0.15, -0.1) is 0 Å². The van der Waals surface area contributed by atoms with Crippen molar-refractivity contribution in [2.24, 2.45) is 0 Å². The van der Waals surface area contributed by atoms with Crippen LogP contribution in [0.3, 0.4) is 0 Å². The van der Waals surface area contributed by atoms with Crippen LogP contribution >= 0.6 is 15.9 Å². The summed E-state index contributed by atoms with van der Waals surface area (Å²) in [5, 5.41) is 6.03. The summed E-state index contributed by atoms with van der Waals surface area (Å²) in [7, 11) is 0. The molecular formula is C15H15BrN4O. The minimum absolute atomic E-state index is 0.249. The third kappa shape index (κ3) is 3.58. The lowest BCUT2D eigenvalue weighted by atomic mass is 10.2. The molecule has 1 amide bonds. The molecule has 108 valence electrons. The number of amides is 1. The largest absolute Gasteiger partial charge is 0.351 e. The van der Waals surface area contributed by atoms with Gasteiger partial charge in [-0.05, 0) is 59.5 Å². The van der Waals surface area contributed by atoms with Crippen LogP contribution in [0.4, 0.5) is 11.6 Å². The second-order valence-corrected chi connectivity index (χ2v) is 5.98. The van der Waals surface area contributed by atoms with E-state index in [0.717, 1.165) is 28.6 Å². The Hall–Kier alpha value is -1.95. The lowest BCUT2D eigenvalue weighted by Crippen LogP contribution is -2.16. The molecule has 1 aromatic heterocycles. The zero-order valence-electron chi connectivity index (χ0n) is 11.6. The van der Waals surface area contributed by atoms with Gasteiger partial charge in [0.2, 0.25) is 5.95 Å². The lowest BCUT2D eigenvalue weighted by Gasteiger charge is -2.08. The van der Waals surface area contributed by atoms with Crippen LogP contribution in [-0.2, 0) is 0 Å². The predicted octanol–water partition coefficient (Wildman–Crippen LogP) is 3.37. The van der Waals surface area contributed by atoms with Crippen LogP contribution in [-0.4, -0.2) is 21.9 Å². The fraction of sp³-hybridized carbons (Fsp3) is 0.267. The molecule has 0 aliphatic heterocycles. The highest BCUT2D eigenvalue weighted by Crippen LogP contribution is 2.24. The van der Waals surface area contributed by atoms with Crippen LogP contribution in [0.1, 0.15) is 28.9 Å². The van der Waals surface area contributed by atoms with E-state index in [1.807, 2.05) is 25.1 Å². The summed E-state index contributed by atoms with van der Waals surface area (Å²) in [6.07, 6.45) is 3.86. The van der Waals surface area contributed by atoms with Gasteiger partial charge >= 0.3 is 0 Å². The molecule has 1 aliphatic rings. The Bertz CT molecular complexity index is 685. The van der Waals surface area contributed by atoms with Gasteiger partial charge in [0, 0.05) is 16.7 Å². The van der Waals surface area contributed by atoms with Crippen molar-refractivity contribution in [3.8, 4) is 0 Å². The van der Waals surface area contributed by atoms with Gasteiger partial charge in [-0.3, -0.25) is 4.79 Å². The molecule has 0 bridgehead atoms. The number of nitrogens with one attached hydrogen (secondary N) is 2. The standard InChI is InChI=1S/C15H15BrN4O/c1-9-2-5-12(11(16)8-9)19-14(21)13-6-7-17-15(20-13)18-10-3-4-10/h2,5-8,10H,3-4H2,1H3,(H,19,21)(H,17,18,20). The molecule has 0 unspecified atom stereocenters. The normalized spacial score (nSPS) is 13.8. The molecule has 0 saturated heterocycles. The van der Waals surface area contributed by atoms with Gasteiger partial charge in [0.1, 0.15) is 5.69 Å². The van der Waals surface area contributed by atoms with Gasteiger partial charge in [0.15, 0.2) is 0 Å². The maximum absolute atomic E-state index is 12.3. The third-order valence-corrected chi connectivity index (χ3v) is 3.83. The number of halogens is 1. The second kappa shape index (κ2) is 5.81. The molecule has 1 aromatic carbocycles. The lowest BCUT2D eigenvalue weighted by molar-refractivity contribution is 0.102. The first-order valence-corrected chi connectivity index (χ1v) is 7.58. The fourth-order valence-electron chi connectivity index (χ4n) is 1.87. The molecule has 1 fully saturated rings. The number of aromatic nitrogens is 2. The molecular weight excluding hydrogens is 332 g/mol. The maximum Gasteiger partial charge on any atom is 0.274 e. The Morgan fingerprint density at radius 1 is 1.33 bits per heavy atom. The van der Waals surface area contributed by atoms with E-state index in [2.05, 4.69) is 36.5 Å². The van der Waals surface area contributed by atoms with Gasteiger partial charge in [0.25, 0.3) is 5.91 Å². The minimum atomic E-state index is -0.249.